The number of carbonyl (C=O) groups excluding carboxylic acids is 2. The van der Waals surface area contributed by atoms with Crippen molar-refractivity contribution in [2.45, 2.75) is 32.4 Å². The maximum absolute atomic E-state index is 11.9. The SMILES string of the molecule is CN=C/C(C#N)=C(\C=C\Nc1nc(C=O)c(CN(C)CCN(C)CC=O)cc1CCCN)NC(C)CSC. The summed E-state index contributed by atoms with van der Waals surface area (Å²) < 4.78 is 0. The van der Waals surface area contributed by atoms with Gasteiger partial charge in [0.15, 0.2) is 6.29 Å². The van der Waals surface area contributed by atoms with Crippen LogP contribution in [-0.4, -0.2) is 98.9 Å². The van der Waals surface area contributed by atoms with Crippen LogP contribution >= 0.6 is 11.8 Å². The second-order valence-corrected chi connectivity index (χ2v) is 9.93. The normalized spacial score (nSPS) is 13.1. The number of rotatable bonds is 19. The number of thioether (sulfide) groups is 1. The number of likely N-dealkylation sites (N-methyl/N-ethyl adjacent to an activating group) is 2. The third-order valence-corrected chi connectivity index (χ3v) is 6.46. The van der Waals surface area contributed by atoms with Gasteiger partial charge in [0, 0.05) is 50.9 Å². The summed E-state index contributed by atoms with van der Waals surface area (Å²) in [5, 5.41) is 16.2. The second kappa shape index (κ2) is 19.1. The van der Waals surface area contributed by atoms with E-state index in [9.17, 15) is 14.9 Å². The average molecular weight is 543 g/mol. The fraction of sp³-hybridized carbons (Fsp3) is 0.519. The van der Waals surface area contributed by atoms with E-state index in [0.717, 1.165) is 49.0 Å². The van der Waals surface area contributed by atoms with Crippen molar-refractivity contribution in [1.82, 2.24) is 20.1 Å². The minimum atomic E-state index is 0.146. The molecule has 0 aliphatic carbocycles. The van der Waals surface area contributed by atoms with E-state index in [1.807, 2.05) is 31.3 Å². The van der Waals surface area contributed by atoms with Crippen molar-refractivity contribution in [2.75, 3.05) is 64.6 Å². The fourth-order valence-corrected chi connectivity index (χ4v) is 4.23. The third kappa shape index (κ3) is 12.0. The van der Waals surface area contributed by atoms with E-state index in [2.05, 4.69) is 38.5 Å². The van der Waals surface area contributed by atoms with Crippen LogP contribution in [0.1, 0.15) is 35.0 Å². The maximum Gasteiger partial charge on any atom is 0.168 e. The molecule has 0 aliphatic rings. The number of pyridine rings is 1. The lowest BCUT2D eigenvalue weighted by atomic mass is 10.1. The zero-order valence-corrected chi connectivity index (χ0v) is 24.1. The van der Waals surface area contributed by atoms with E-state index < -0.39 is 0 Å². The van der Waals surface area contributed by atoms with Gasteiger partial charge < -0.3 is 26.1 Å². The van der Waals surface area contributed by atoms with E-state index in [-0.39, 0.29) is 6.04 Å². The van der Waals surface area contributed by atoms with Crippen LogP contribution in [0.3, 0.4) is 0 Å². The van der Waals surface area contributed by atoms with Crippen LogP contribution in [0.2, 0.25) is 0 Å². The lowest BCUT2D eigenvalue weighted by Gasteiger charge is -2.22. The predicted molar refractivity (Wildman–Crippen MR) is 158 cm³/mol. The first-order valence-corrected chi connectivity index (χ1v) is 14.0. The Labute approximate surface area is 231 Å². The van der Waals surface area contributed by atoms with Gasteiger partial charge in [-0.1, -0.05) is 0 Å². The quantitative estimate of drug-likeness (QED) is 0.103. The number of carbonyl (C=O) groups is 2. The lowest BCUT2D eigenvalue weighted by molar-refractivity contribution is -0.108. The van der Waals surface area contributed by atoms with Gasteiger partial charge in [0.25, 0.3) is 0 Å². The Morgan fingerprint density at radius 2 is 2.03 bits per heavy atom. The molecule has 1 atom stereocenters. The minimum absolute atomic E-state index is 0.146. The Kier molecular flexibility index (Phi) is 16.6. The summed E-state index contributed by atoms with van der Waals surface area (Å²) in [6.07, 6.45) is 10.2. The molecule has 0 spiro atoms. The highest BCUT2D eigenvalue weighted by Crippen LogP contribution is 2.20. The molecule has 10 nitrogen and oxygen atoms in total. The molecule has 0 aromatic carbocycles. The Hall–Kier alpha value is -3.04. The standard InChI is InChI=1S/C27H42N8O2S/c1-21(20-38-5)32-25(24(16-29)17-30-2)8-10-31-27-22(7-6-9-28)15-23(26(19-37)33-27)18-35(4)12-11-34(3)13-14-36/h8,10,14-15,17,19,21,32H,6-7,9,11-13,18,20,28H2,1-5H3,(H,31,33)/b10-8+,25-24+,30-17?. The summed E-state index contributed by atoms with van der Waals surface area (Å²) in [5.41, 5.74) is 8.99. The molecule has 1 heterocycles. The average Bonchev–Trinajstić information content (AvgIpc) is 2.89. The van der Waals surface area contributed by atoms with Gasteiger partial charge in [-0.05, 0) is 69.9 Å². The van der Waals surface area contributed by atoms with Crippen molar-refractivity contribution in [3.63, 3.8) is 0 Å². The molecule has 0 saturated heterocycles. The molecule has 0 radical (unpaired) electrons. The van der Waals surface area contributed by atoms with Gasteiger partial charge in [-0.2, -0.15) is 17.0 Å². The van der Waals surface area contributed by atoms with E-state index in [0.29, 0.717) is 48.8 Å². The monoisotopic (exact) mass is 542 g/mol. The fourth-order valence-electron chi connectivity index (χ4n) is 3.65. The van der Waals surface area contributed by atoms with Gasteiger partial charge in [-0.15, -0.1) is 0 Å². The summed E-state index contributed by atoms with van der Waals surface area (Å²) in [7, 11) is 5.50. The van der Waals surface area contributed by atoms with E-state index >= 15 is 0 Å². The first-order chi connectivity index (χ1) is 18.3. The number of nitrogens with one attached hydrogen (secondary N) is 2. The number of hydrogen-bond donors (Lipinski definition) is 3. The number of nitriles is 1. The van der Waals surface area contributed by atoms with E-state index in [1.165, 1.54) is 6.21 Å². The lowest BCUT2D eigenvalue weighted by Crippen LogP contribution is -2.31. The molecule has 1 aromatic heterocycles. The van der Waals surface area contributed by atoms with Crippen LogP contribution in [-0.2, 0) is 17.8 Å². The number of aromatic nitrogens is 1. The summed E-state index contributed by atoms with van der Waals surface area (Å²) >= 11 is 1.72. The number of nitrogens with zero attached hydrogens (tertiary/aromatic N) is 5. The highest BCUT2D eigenvalue weighted by Gasteiger charge is 2.14. The van der Waals surface area contributed by atoms with Gasteiger partial charge in [-0.25, -0.2) is 4.98 Å². The van der Waals surface area contributed by atoms with Crippen molar-refractivity contribution in [3.05, 3.63) is 46.4 Å². The molecule has 1 unspecified atom stereocenters. The molecular weight excluding hydrogens is 500 g/mol. The van der Waals surface area contributed by atoms with Crippen molar-refractivity contribution in [2.24, 2.45) is 10.7 Å². The van der Waals surface area contributed by atoms with Gasteiger partial charge in [0.2, 0.25) is 0 Å². The van der Waals surface area contributed by atoms with Crippen LogP contribution < -0.4 is 16.4 Å². The summed E-state index contributed by atoms with van der Waals surface area (Å²) in [5.74, 6) is 1.46. The van der Waals surface area contributed by atoms with Crippen LogP contribution in [0.4, 0.5) is 5.82 Å². The predicted octanol–water partition coefficient (Wildman–Crippen LogP) is 2.09. The van der Waals surface area contributed by atoms with Crippen LogP contribution in [0.5, 0.6) is 0 Å². The number of nitrogens with two attached hydrogens (primary N) is 1. The number of anilines is 1. The summed E-state index contributed by atoms with van der Waals surface area (Å²) in [4.78, 5) is 35.3. The zero-order valence-electron chi connectivity index (χ0n) is 23.2. The molecule has 0 bridgehead atoms. The van der Waals surface area contributed by atoms with Crippen LogP contribution in [0.15, 0.2) is 34.6 Å². The molecule has 1 rings (SSSR count). The number of hydrogen-bond acceptors (Lipinski definition) is 11. The summed E-state index contributed by atoms with van der Waals surface area (Å²) in [6.45, 7) is 4.99. The number of aliphatic imine (C=N–C) groups is 1. The molecule has 4 N–H and O–H groups in total. The molecule has 11 heteroatoms. The first-order valence-electron chi connectivity index (χ1n) is 12.6. The highest BCUT2D eigenvalue weighted by atomic mass is 32.2. The van der Waals surface area contributed by atoms with Gasteiger partial charge in [0.05, 0.1) is 17.8 Å². The molecule has 1 aromatic rings. The zero-order chi connectivity index (χ0) is 28.3. The van der Waals surface area contributed by atoms with Crippen molar-refractivity contribution in [1.29, 1.82) is 5.26 Å². The minimum Gasteiger partial charge on any atom is -0.381 e. The Balaban J connectivity index is 3.22. The Bertz CT molecular complexity index is 1020. The molecular formula is C27H42N8O2S. The Morgan fingerprint density at radius 3 is 2.63 bits per heavy atom. The largest absolute Gasteiger partial charge is 0.381 e. The highest BCUT2D eigenvalue weighted by molar-refractivity contribution is 7.98. The molecule has 0 amide bonds. The molecule has 38 heavy (non-hydrogen) atoms. The van der Waals surface area contributed by atoms with Gasteiger partial charge >= 0.3 is 0 Å². The van der Waals surface area contributed by atoms with Crippen LogP contribution in [0, 0.1) is 11.3 Å². The van der Waals surface area contributed by atoms with Crippen molar-refractivity contribution in [3.8, 4) is 6.07 Å². The van der Waals surface area contributed by atoms with E-state index in [1.54, 1.807) is 31.1 Å². The number of aryl methyl sites for hydroxylation is 1. The van der Waals surface area contributed by atoms with Gasteiger partial charge in [0.1, 0.15) is 23.9 Å². The molecule has 0 saturated carbocycles. The third-order valence-electron chi connectivity index (χ3n) is 5.62. The molecule has 0 aliphatic heterocycles. The first kappa shape index (κ1) is 33.0. The second-order valence-electron chi connectivity index (χ2n) is 9.02. The smallest absolute Gasteiger partial charge is 0.168 e. The van der Waals surface area contributed by atoms with E-state index in [4.69, 9.17) is 5.73 Å². The molecule has 0 fully saturated rings. The molecule has 208 valence electrons. The van der Waals surface area contributed by atoms with Crippen molar-refractivity contribution < 1.29 is 9.59 Å². The number of aldehydes is 2. The maximum atomic E-state index is 11.9. The summed E-state index contributed by atoms with van der Waals surface area (Å²) in [6, 6.07) is 4.34. The van der Waals surface area contributed by atoms with Crippen molar-refractivity contribution >= 4 is 36.4 Å². The van der Waals surface area contributed by atoms with Gasteiger partial charge in [-0.3, -0.25) is 14.7 Å². The van der Waals surface area contributed by atoms with Crippen LogP contribution in [0.25, 0.3) is 0 Å². The topological polar surface area (TPSA) is 140 Å². The number of allylic oxidation sites excluding steroid dienone is 2. The Morgan fingerprint density at radius 1 is 1.29 bits per heavy atom.